The number of anilines is 2. The Morgan fingerprint density at radius 3 is 2.56 bits per heavy atom. The molecule has 1 amide bonds. The maximum Gasteiger partial charge on any atom is 0.275 e. The summed E-state index contributed by atoms with van der Waals surface area (Å²) >= 11 is 0. The summed E-state index contributed by atoms with van der Waals surface area (Å²) in [5.41, 5.74) is 4.22. The third-order valence-corrected chi connectivity index (χ3v) is 3.83. The van der Waals surface area contributed by atoms with Crippen molar-refractivity contribution < 1.29 is 4.79 Å². The van der Waals surface area contributed by atoms with E-state index in [0.717, 1.165) is 16.9 Å². The number of benzene rings is 1. The van der Waals surface area contributed by atoms with Crippen molar-refractivity contribution in [3.8, 4) is 0 Å². The third kappa shape index (κ3) is 4.38. The van der Waals surface area contributed by atoms with Gasteiger partial charge in [0.25, 0.3) is 5.91 Å². The number of aromatic nitrogens is 3. The van der Waals surface area contributed by atoms with Crippen molar-refractivity contribution in [2.24, 2.45) is 0 Å². The fraction of sp³-hybridized carbons (Fsp3) is 0.158. The minimum Gasteiger partial charge on any atom is -0.363 e. The predicted molar refractivity (Wildman–Crippen MR) is 97.5 cm³/mol. The molecule has 2 aromatic heterocycles. The lowest BCUT2D eigenvalue weighted by Crippen LogP contribution is -2.14. The Hall–Kier alpha value is -3.28. The second kappa shape index (κ2) is 7.53. The van der Waals surface area contributed by atoms with Gasteiger partial charge in [0.2, 0.25) is 0 Å². The van der Waals surface area contributed by atoms with Gasteiger partial charge in [-0.25, -0.2) is 9.97 Å². The van der Waals surface area contributed by atoms with Gasteiger partial charge in [0, 0.05) is 11.9 Å². The zero-order chi connectivity index (χ0) is 17.6. The molecule has 2 N–H and O–H groups in total. The maximum atomic E-state index is 12.3. The van der Waals surface area contributed by atoms with Gasteiger partial charge in [0.15, 0.2) is 0 Å². The number of hydrogen-bond donors (Lipinski definition) is 2. The first-order valence-corrected chi connectivity index (χ1v) is 7.96. The van der Waals surface area contributed by atoms with Crippen LogP contribution in [0.5, 0.6) is 0 Å². The van der Waals surface area contributed by atoms with Gasteiger partial charge in [-0.1, -0.05) is 12.1 Å². The number of nitrogens with zero attached hydrogens (tertiary/aromatic N) is 3. The lowest BCUT2D eigenvalue weighted by molar-refractivity contribution is 0.102. The summed E-state index contributed by atoms with van der Waals surface area (Å²) in [6.45, 7) is 4.58. The standard InChI is InChI=1S/C19H19N5O/c1-13-6-7-15(9-14(13)2)24-19(25)17-11-23-18(12-21-17)22-10-16-5-3-4-8-20-16/h3-9,11-12H,10H2,1-2H3,(H,22,23)(H,24,25). The second-order valence-corrected chi connectivity index (χ2v) is 5.71. The van der Waals surface area contributed by atoms with Crippen molar-refractivity contribution in [3.05, 3.63) is 77.5 Å². The minimum absolute atomic E-state index is 0.265. The monoisotopic (exact) mass is 333 g/mol. The second-order valence-electron chi connectivity index (χ2n) is 5.71. The first kappa shape index (κ1) is 16.6. The molecule has 0 saturated carbocycles. The Labute approximate surface area is 146 Å². The van der Waals surface area contributed by atoms with Crippen LogP contribution in [0, 0.1) is 13.8 Å². The summed E-state index contributed by atoms with van der Waals surface area (Å²) in [5.74, 6) is 0.306. The number of aryl methyl sites for hydroxylation is 2. The molecule has 0 unspecified atom stereocenters. The molecule has 0 aliphatic rings. The summed E-state index contributed by atoms with van der Waals surface area (Å²) < 4.78 is 0. The molecule has 0 radical (unpaired) electrons. The van der Waals surface area contributed by atoms with Crippen molar-refractivity contribution in [2.75, 3.05) is 10.6 Å². The van der Waals surface area contributed by atoms with Crippen molar-refractivity contribution in [1.82, 2.24) is 15.0 Å². The molecule has 0 bridgehead atoms. The number of rotatable bonds is 5. The van der Waals surface area contributed by atoms with E-state index in [4.69, 9.17) is 0 Å². The average Bonchev–Trinajstić information content (AvgIpc) is 2.64. The molecule has 126 valence electrons. The highest BCUT2D eigenvalue weighted by Crippen LogP contribution is 2.15. The topological polar surface area (TPSA) is 79.8 Å². The van der Waals surface area contributed by atoms with Crippen molar-refractivity contribution in [1.29, 1.82) is 0 Å². The van der Waals surface area contributed by atoms with E-state index in [-0.39, 0.29) is 11.6 Å². The van der Waals surface area contributed by atoms with Crippen LogP contribution >= 0.6 is 0 Å². The molecule has 0 spiro atoms. The summed E-state index contributed by atoms with van der Waals surface area (Å²) in [6, 6.07) is 11.5. The molecule has 3 rings (SSSR count). The van der Waals surface area contributed by atoms with Crippen LogP contribution in [0.15, 0.2) is 55.0 Å². The Bertz CT molecular complexity index is 863. The minimum atomic E-state index is -0.285. The van der Waals surface area contributed by atoms with Crippen molar-refractivity contribution in [3.63, 3.8) is 0 Å². The normalized spacial score (nSPS) is 10.3. The quantitative estimate of drug-likeness (QED) is 0.748. The molecule has 0 aliphatic carbocycles. The summed E-state index contributed by atoms with van der Waals surface area (Å²) in [6.07, 6.45) is 4.73. The summed E-state index contributed by atoms with van der Waals surface area (Å²) in [7, 11) is 0. The highest BCUT2D eigenvalue weighted by Gasteiger charge is 2.09. The third-order valence-electron chi connectivity index (χ3n) is 3.83. The van der Waals surface area contributed by atoms with E-state index in [1.807, 2.05) is 50.2 Å². The van der Waals surface area contributed by atoms with E-state index in [1.165, 1.54) is 18.0 Å². The van der Waals surface area contributed by atoms with Gasteiger partial charge in [0.05, 0.1) is 24.6 Å². The maximum absolute atomic E-state index is 12.3. The van der Waals surface area contributed by atoms with Crippen LogP contribution in [0.4, 0.5) is 11.5 Å². The molecule has 0 atom stereocenters. The van der Waals surface area contributed by atoms with Crippen LogP contribution in [-0.2, 0) is 6.54 Å². The molecule has 0 saturated heterocycles. The molecule has 6 heteroatoms. The number of hydrogen-bond acceptors (Lipinski definition) is 5. The molecule has 0 fully saturated rings. The molecule has 0 aliphatic heterocycles. The van der Waals surface area contributed by atoms with Crippen LogP contribution < -0.4 is 10.6 Å². The number of carbonyl (C=O) groups excluding carboxylic acids is 1. The summed E-state index contributed by atoms with van der Waals surface area (Å²) in [4.78, 5) is 24.9. The molecule has 6 nitrogen and oxygen atoms in total. The molecular formula is C19H19N5O. The first-order valence-electron chi connectivity index (χ1n) is 7.96. The van der Waals surface area contributed by atoms with Crippen LogP contribution in [-0.4, -0.2) is 20.9 Å². The fourth-order valence-corrected chi connectivity index (χ4v) is 2.23. The lowest BCUT2D eigenvalue weighted by Gasteiger charge is -2.08. The predicted octanol–water partition coefficient (Wildman–Crippen LogP) is 3.35. The van der Waals surface area contributed by atoms with Gasteiger partial charge in [-0.3, -0.25) is 9.78 Å². The first-order chi connectivity index (χ1) is 12.1. The zero-order valence-electron chi connectivity index (χ0n) is 14.2. The van der Waals surface area contributed by atoms with E-state index in [2.05, 4.69) is 25.6 Å². The van der Waals surface area contributed by atoms with E-state index in [0.29, 0.717) is 12.4 Å². The largest absolute Gasteiger partial charge is 0.363 e. The Kier molecular flexibility index (Phi) is 4.99. The van der Waals surface area contributed by atoms with Crippen molar-refractivity contribution >= 4 is 17.4 Å². The Balaban J connectivity index is 1.61. The van der Waals surface area contributed by atoms with E-state index in [9.17, 15) is 4.79 Å². The average molecular weight is 333 g/mol. The van der Waals surface area contributed by atoms with Crippen LogP contribution in [0.2, 0.25) is 0 Å². The highest BCUT2D eigenvalue weighted by molar-refractivity contribution is 6.02. The molecule has 25 heavy (non-hydrogen) atoms. The smallest absolute Gasteiger partial charge is 0.275 e. The van der Waals surface area contributed by atoms with Gasteiger partial charge in [-0.2, -0.15) is 0 Å². The van der Waals surface area contributed by atoms with Crippen LogP contribution in [0.3, 0.4) is 0 Å². The lowest BCUT2D eigenvalue weighted by atomic mass is 10.1. The fourth-order valence-electron chi connectivity index (χ4n) is 2.23. The van der Waals surface area contributed by atoms with E-state index < -0.39 is 0 Å². The number of amides is 1. The molecule has 1 aromatic carbocycles. The molecular weight excluding hydrogens is 314 g/mol. The van der Waals surface area contributed by atoms with Crippen LogP contribution in [0.25, 0.3) is 0 Å². The summed E-state index contributed by atoms with van der Waals surface area (Å²) in [5, 5.41) is 5.95. The van der Waals surface area contributed by atoms with Crippen LogP contribution in [0.1, 0.15) is 27.3 Å². The van der Waals surface area contributed by atoms with Gasteiger partial charge in [-0.05, 0) is 49.2 Å². The van der Waals surface area contributed by atoms with Gasteiger partial charge >= 0.3 is 0 Å². The van der Waals surface area contributed by atoms with E-state index in [1.54, 1.807) is 6.20 Å². The Morgan fingerprint density at radius 1 is 1.00 bits per heavy atom. The number of carbonyl (C=O) groups is 1. The SMILES string of the molecule is Cc1ccc(NC(=O)c2cnc(NCc3ccccn3)cn2)cc1C. The van der Waals surface area contributed by atoms with E-state index >= 15 is 0 Å². The number of nitrogens with one attached hydrogen (secondary N) is 2. The van der Waals surface area contributed by atoms with Gasteiger partial charge in [-0.15, -0.1) is 0 Å². The van der Waals surface area contributed by atoms with Crippen molar-refractivity contribution in [2.45, 2.75) is 20.4 Å². The van der Waals surface area contributed by atoms with Gasteiger partial charge < -0.3 is 10.6 Å². The Morgan fingerprint density at radius 2 is 1.88 bits per heavy atom. The zero-order valence-corrected chi connectivity index (χ0v) is 14.2. The van der Waals surface area contributed by atoms with Gasteiger partial charge in [0.1, 0.15) is 11.5 Å². The highest BCUT2D eigenvalue weighted by atomic mass is 16.1. The number of pyridine rings is 1. The molecule has 2 heterocycles. The molecule has 3 aromatic rings.